The van der Waals surface area contributed by atoms with E-state index >= 15 is 0 Å². The SMILES string of the molecule is CC(=O)Nc1nc2ccc(-c3cnc(Cl)c(NS(=O)(=O)C4CCCCC4)c3)cc2s1. The quantitative estimate of drug-likeness (QED) is 0.515. The number of anilines is 2. The Morgan fingerprint density at radius 2 is 1.93 bits per heavy atom. The Labute approximate surface area is 183 Å². The zero-order valence-electron chi connectivity index (χ0n) is 16.3. The lowest BCUT2D eigenvalue weighted by atomic mass is 10.0. The summed E-state index contributed by atoms with van der Waals surface area (Å²) in [6, 6.07) is 7.37. The highest BCUT2D eigenvalue weighted by atomic mass is 35.5. The molecule has 2 heterocycles. The van der Waals surface area contributed by atoms with E-state index in [1.807, 2.05) is 18.2 Å². The molecule has 2 N–H and O–H groups in total. The molecule has 0 unspecified atom stereocenters. The van der Waals surface area contributed by atoms with E-state index in [1.54, 1.807) is 12.3 Å². The van der Waals surface area contributed by atoms with Crippen molar-refractivity contribution in [1.29, 1.82) is 0 Å². The van der Waals surface area contributed by atoms with Gasteiger partial charge >= 0.3 is 0 Å². The van der Waals surface area contributed by atoms with Crippen LogP contribution in [0.5, 0.6) is 0 Å². The van der Waals surface area contributed by atoms with E-state index in [4.69, 9.17) is 11.6 Å². The van der Waals surface area contributed by atoms with Crippen molar-refractivity contribution >= 4 is 59.9 Å². The highest BCUT2D eigenvalue weighted by Crippen LogP contribution is 2.33. The summed E-state index contributed by atoms with van der Waals surface area (Å²) < 4.78 is 29.1. The van der Waals surface area contributed by atoms with Gasteiger partial charge in [0.05, 0.1) is 21.2 Å². The van der Waals surface area contributed by atoms with Crippen LogP contribution in [0.25, 0.3) is 21.3 Å². The van der Waals surface area contributed by atoms with Crippen LogP contribution in [0.2, 0.25) is 5.15 Å². The van der Waals surface area contributed by atoms with Gasteiger partial charge in [0.25, 0.3) is 0 Å². The van der Waals surface area contributed by atoms with E-state index in [1.165, 1.54) is 18.3 Å². The summed E-state index contributed by atoms with van der Waals surface area (Å²) in [7, 11) is -3.52. The molecule has 7 nitrogen and oxygen atoms in total. The van der Waals surface area contributed by atoms with Crippen molar-refractivity contribution in [1.82, 2.24) is 9.97 Å². The standard InChI is InChI=1S/C20H21ClN4O3S2/c1-12(26)23-20-24-16-8-7-13(10-18(16)29-20)14-9-17(19(21)22-11-14)25-30(27,28)15-5-3-2-4-6-15/h7-11,15,25H,2-6H2,1H3,(H,23,24,26). The maximum atomic E-state index is 12.8. The predicted molar refractivity (Wildman–Crippen MR) is 122 cm³/mol. The summed E-state index contributed by atoms with van der Waals surface area (Å²) in [5.41, 5.74) is 2.63. The van der Waals surface area contributed by atoms with Gasteiger partial charge in [-0.25, -0.2) is 18.4 Å². The number of hydrogen-bond acceptors (Lipinski definition) is 6. The third-order valence-electron chi connectivity index (χ3n) is 5.09. The van der Waals surface area contributed by atoms with Gasteiger partial charge in [0.1, 0.15) is 0 Å². The molecule has 0 atom stereocenters. The first-order valence-electron chi connectivity index (χ1n) is 9.67. The summed E-state index contributed by atoms with van der Waals surface area (Å²) in [4.78, 5) is 19.8. The molecule has 30 heavy (non-hydrogen) atoms. The molecule has 3 aromatic rings. The largest absolute Gasteiger partial charge is 0.302 e. The smallest absolute Gasteiger partial charge is 0.235 e. The van der Waals surface area contributed by atoms with Gasteiger partial charge in [-0.1, -0.05) is 48.3 Å². The molecule has 1 saturated carbocycles. The number of aromatic nitrogens is 2. The van der Waals surface area contributed by atoms with Crippen LogP contribution in [-0.2, 0) is 14.8 Å². The molecule has 1 aliphatic rings. The number of halogens is 1. The zero-order chi connectivity index (χ0) is 21.3. The Balaban J connectivity index is 1.63. The summed E-state index contributed by atoms with van der Waals surface area (Å²) in [6.45, 7) is 1.44. The van der Waals surface area contributed by atoms with E-state index in [9.17, 15) is 13.2 Å². The van der Waals surface area contributed by atoms with Crippen molar-refractivity contribution in [2.45, 2.75) is 44.3 Å². The van der Waals surface area contributed by atoms with Crippen molar-refractivity contribution in [3.63, 3.8) is 0 Å². The van der Waals surface area contributed by atoms with Gasteiger partial charge < -0.3 is 5.32 Å². The van der Waals surface area contributed by atoms with Crippen molar-refractivity contribution in [2.24, 2.45) is 0 Å². The minimum Gasteiger partial charge on any atom is -0.302 e. The summed E-state index contributed by atoms with van der Waals surface area (Å²) in [5.74, 6) is -0.175. The Bertz CT molecular complexity index is 1200. The number of thiazole rings is 1. The Morgan fingerprint density at radius 3 is 2.67 bits per heavy atom. The van der Waals surface area contributed by atoms with Crippen LogP contribution in [0.15, 0.2) is 30.5 Å². The lowest BCUT2D eigenvalue weighted by Gasteiger charge is -2.22. The van der Waals surface area contributed by atoms with Gasteiger partial charge in [-0.3, -0.25) is 9.52 Å². The molecule has 1 fully saturated rings. The summed E-state index contributed by atoms with van der Waals surface area (Å²) >= 11 is 7.56. The molecule has 10 heteroatoms. The first-order valence-corrected chi connectivity index (χ1v) is 12.4. The number of carbonyl (C=O) groups excluding carboxylic acids is 1. The fraction of sp³-hybridized carbons (Fsp3) is 0.350. The maximum absolute atomic E-state index is 12.8. The second-order valence-electron chi connectivity index (χ2n) is 7.35. The molecule has 0 aliphatic heterocycles. The third-order valence-corrected chi connectivity index (χ3v) is 8.18. The van der Waals surface area contributed by atoms with Gasteiger partial charge in [-0.15, -0.1) is 0 Å². The van der Waals surface area contributed by atoms with Crippen molar-refractivity contribution < 1.29 is 13.2 Å². The fourth-order valence-electron chi connectivity index (χ4n) is 3.60. The highest BCUT2D eigenvalue weighted by Gasteiger charge is 2.28. The lowest BCUT2D eigenvalue weighted by molar-refractivity contribution is -0.114. The Kier molecular flexibility index (Phi) is 5.95. The van der Waals surface area contributed by atoms with Crippen LogP contribution in [0.3, 0.4) is 0 Å². The minimum atomic E-state index is -3.52. The number of fused-ring (bicyclic) bond motifs is 1. The molecule has 4 rings (SSSR count). The van der Waals surface area contributed by atoms with E-state index in [2.05, 4.69) is 20.0 Å². The van der Waals surface area contributed by atoms with Crippen LogP contribution in [-0.4, -0.2) is 29.5 Å². The van der Waals surface area contributed by atoms with Crippen LogP contribution in [0.1, 0.15) is 39.0 Å². The molecule has 1 aliphatic carbocycles. The first-order chi connectivity index (χ1) is 14.3. The van der Waals surface area contributed by atoms with Crippen LogP contribution in [0, 0.1) is 0 Å². The molecule has 158 valence electrons. The van der Waals surface area contributed by atoms with Gasteiger partial charge in [0, 0.05) is 18.7 Å². The minimum absolute atomic E-state index is 0.116. The second-order valence-corrected chi connectivity index (χ2v) is 10.7. The number of pyridine rings is 1. The molecule has 0 bridgehead atoms. The molecule has 0 saturated heterocycles. The van der Waals surface area contributed by atoms with Crippen molar-refractivity contribution in [2.75, 3.05) is 10.0 Å². The average Bonchev–Trinajstić information content (AvgIpc) is 3.11. The Morgan fingerprint density at radius 1 is 1.17 bits per heavy atom. The number of rotatable bonds is 5. The molecule has 0 spiro atoms. The van der Waals surface area contributed by atoms with E-state index in [0.717, 1.165) is 40.6 Å². The van der Waals surface area contributed by atoms with Crippen LogP contribution >= 0.6 is 22.9 Å². The third kappa shape index (κ3) is 4.58. The van der Waals surface area contributed by atoms with Crippen molar-refractivity contribution in [3.05, 3.63) is 35.6 Å². The predicted octanol–water partition coefficient (Wildman–Crippen LogP) is 5.04. The topological polar surface area (TPSA) is 101 Å². The maximum Gasteiger partial charge on any atom is 0.235 e. The number of amides is 1. The number of carbonyl (C=O) groups is 1. The van der Waals surface area contributed by atoms with Crippen molar-refractivity contribution in [3.8, 4) is 11.1 Å². The monoisotopic (exact) mass is 464 g/mol. The fourth-order valence-corrected chi connectivity index (χ4v) is 6.34. The van der Waals surface area contributed by atoms with Gasteiger partial charge in [-0.05, 0) is 36.6 Å². The van der Waals surface area contributed by atoms with Gasteiger partial charge in [0.15, 0.2) is 10.3 Å². The summed E-state index contributed by atoms with van der Waals surface area (Å²) in [5, 5.41) is 2.94. The Hall–Kier alpha value is -2.23. The van der Waals surface area contributed by atoms with Crippen LogP contribution < -0.4 is 10.0 Å². The normalized spacial score (nSPS) is 15.3. The average molecular weight is 465 g/mol. The molecular weight excluding hydrogens is 444 g/mol. The van der Waals surface area contributed by atoms with E-state index in [-0.39, 0.29) is 16.7 Å². The zero-order valence-corrected chi connectivity index (χ0v) is 18.7. The lowest BCUT2D eigenvalue weighted by Crippen LogP contribution is -2.29. The summed E-state index contributed by atoms with van der Waals surface area (Å²) in [6.07, 6.45) is 5.86. The second kappa shape index (κ2) is 8.49. The van der Waals surface area contributed by atoms with E-state index in [0.29, 0.717) is 18.0 Å². The molecule has 2 aromatic heterocycles. The number of nitrogens with zero attached hydrogens (tertiary/aromatic N) is 2. The first kappa shape index (κ1) is 21.0. The van der Waals surface area contributed by atoms with Crippen LogP contribution in [0.4, 0.5) is 10.8 Å². The number of sulfonamides is 1. The number of nitrogens with one attached hydrogen (secondary N) is 2. The molecule has 0 radical (unpaired) electrons. The van der Waals surface area contributed by atoms with Gasteiger partial charge in [0.2, 0.25) is 15.9 Å². The number of hydrogen-bond donors (Lipinski definition) is 2. The van der Waals surface area contributed by atoms with Gasteiger partial charge in [-0.2, -0.15) is 0 Å². The number of benzene rings is 1. The van der Waals surface area contributed by atoms with E-state index < -0.39 is 15.3 Å². The highest BCUT2D eigenvalue weighted by molar-refractivity contribution is 7.93. The molecule has 1 aromatic carbocycles. The molecule has 1 amide bonds. The molecular formula is C20H21ClN4O3S2.